The maximum atomic E-state index is 14.0. The molecule has 2 nitrogen and oxygen atoms in total. The van der Waals surface area contributed by atoms with Crippen LogP contribution in [0.25, 0.3) is 0 Å². The standard InChI is InChI=1S/C13H16ClFN2.2ClH/c1-2-12(17-8-6-16-7-9-17)10-4-3-5-11(14)13(10)15;;/h2-5,12,16H,1,6-9H2;2*1H/t12-;;/m0../s1. The van der Waals surface area contributed by atoms with E-state index in [9.17, 15) is 4.39 Å². The molecule has 0 saturated carbocycles. The Balaban J connectivity index is 0.00000162. The number of nitrogens with zero attached hydrogens (tertiary/aromatic N) is 1. The maximum absolute atomic E-state index is 14.0. The molecule has 1 atom stereocenters. The molecule has 0 radical (unpaired) electrons. The summed E-state index contributed by atoms with van der Waals surface area (Å²) in [5.41, 5.74) is 0.606. The van der Waals surface area contributed by atoms with Crippen LogP contribution in [0, 0.1) is 5.82 Å². The first-order valence-corrected chi connectivity index (χ1v) is 6.13. The van der Waals surface area contributed by atoms with E-state index in [-0.39, 0.29) is 41.7 Å². The van der Waals surface area contributed by atoms with Gasteiger partial charge in [0, 0.05) is 31.7 Å². The minimum absolute atomic E-state index is 0. The van der Waals surface area contributed by atoms with Gasteiger partial charge in [0.1, 0.15) is 5.82 Å². The normalized spacial score (nSPS) is 16.9. The van der Waals surface area contributed by atoms with Gasteiger partial charge in [-0.05, 0) is 6.07 Å². The van der Waals surface area contributed by atoms with Crippen molar-refractivity contribution in [2.45, 2.75) is 6.04 Å². The Hall–Kier alpha value is -0.320. The molecular formula is C13H18Cl3FN2. The summed E-state index contributed by atoms with van der Waals surface area (Å²) < 4.78 is 14.0. The Labute approximate surface area is 130 Å². The zero-order valence-corrected chi connectivity index (χ0v) is 12.8. The highest BCUT2D eigenvalue weighted by Gasteiger charge is 2.22. The number of halogens is 4. The van der Waals surface area contributed by atoms with Crippen LogP contribution in [-0.2, 0) is 0 Å². The predicted molar refractivity (Wildman–Crippen MR) is 83.3 cm³/mol. The van der Waals surface area contributed by atoms with E-state index >= 15 is 0 Å². The monoisotopic (exact) mass is 326 g/mol. The van der Waals surface area contributed by atoms with Crippen molar-refractivity contribution in [2.75, 3.05) is 26.2 Å². The molecule has 108 valence electrons. The van der Waals surface area contributed by atoms with Gasteiger partial charge in [0.05, 0.1) is 11.1 Å². The Morgan fingerprint density at radius 2 is 1.95 bits per heavy atom. The Morgan fingerprint density at radius 1 is 1.32 bits per heavy atom. The predicted octanol–water partition coefficient (Wildman–Crippen LogP) is 3.46. The molecule has 6 heteroatoms. The molecule has 1 N–H and O–H groups in total. The van der Waals surface area contributed by atoms with Gasteiger partial charge in [-0.25, -0.2) is 4.39 Å². The molecule has 1 aliphatic heterocycles. The van der Waals surface area contributed by atoms with Gasteiger partial charge in [0.25, 0.3) is 0 Å². The topological polar surface area (TPSA) is 15.3 Å². The van der Waals surface area contributed by atoms with Gasteiger partial charge in [-0.2, -0.15) is 0 Å². The van der Waals surface area contributed by atoms with Crippen LogP contribution in [0.2, 0.25) is 5.02 Å². The van der Waals surface area contributed by atoms with Gasteiger partial charge < -0.3 is 5.32 Å². The third kappa shape index (κ3) is 4.33. The van der Waals surface area contributed by atoms with Crippen molar-refractivity contribution in [3.05, 3.63) is 47.3 Å². The molecule has 0 bridgehead atoms. The molecule has 1 saturated heterocycles. The molecule has 0 amide bonds. The van der Waals surface area contributed by atoms with Crippen LogP contribution in [0.3, 0.4) is 0 Å². The summed E-state index contributed by atoms with van der Waals surface area (Å²) in [6, 6.07) is 5.02. The molecule has 0 unspecified atom stereocenters. The molecule has 0 aromatic heterocycles. The zero-order chi connectivity index (χ0) is 12.3. The second-order valence-electron chi connectivity index (χ2n) is 4.11. The number of nitrogens with one attached hydrogen (secondary N) is 1. The highest BCUT2D eigenvalue weighted by molar-refractivity contribution is 6.30. The van der Waals surface area contributed by atoms with Crippen LogP contribution in [0.4, 0.5) is 4.39 Å². The Morgan fingerprint density at radius 3 is 2.53 bits per heavy atom. The van der Waals surface area contributed by atoms with Crippen molar-refractivity contribution in [1.82, 2.24) is 10.2 Å². The van der Waals surface area contributed by atoms with E-state index in [4.69, 9.17) is 11.6 Å². The lowest BCUT2D eigenvalue weighted by molar-refractivity contribution is 0.200. The first kappa shape index (κ1) is 18.7. The first-order chi connectivity index (χ1) is 8.24. The third-order valence-corrected chi connectivity index (χ3v) is 3.36. The molecule has 1 heterocycles. The summed E-state index contributed by atoms with van der Waals surface area (Å²) in [7, 11) is 0. The van der Waals surface area contributed by atoms with E-state index in [0.29, 0.717) is 5.56 Å². The number of piperazine rings is 1. The van der Waals surface area contributed by atoms with Gasteiger partial charge in [0.15, 0.2) is 0 Å². The molecule has 1 aromatic carbocycles. The Bertz CT molecular complexity index is 409. The summed E-state index contributed by atoms with van der Waals surface area (Å²) in [6.07, 6.45) is 1.78. The van der Waals surface area contributed by atoms with Crippen LogP contribution >= 0.6 is 36.4 Å². The lowest BCUT2D eigenvalue weighted by Crippen LogP contribution is -2.44. The second kappa shape index (κ2) is 8.77. The summed E-state index contributed by atoms with van der Waals surface area (Å²) in [6.45, 7) is 7.44. The summed E-state index contributed by atoms with van der Waals surface area (Å²) >= 11 is 5.81. The molecule has 1 aromatic rings. The largest absolute Gasteiger partial charge is 0.314 e. The number of benzene rings is 1. The van der Waals surface area contributed by atoms with E-state index in [1.807, 2.05) is 0 Å². The minimum Gasteiger partial charge on any atom is -0.314 e. The second-order valence-corrected chi connectivity index (χ2v) is 4.52. The quantitative estimate of drug-likeness (QED) is 0.855. The highest BCUT2D eigenvalue weighted by atomic mass is 35.5. The van der Waals surface area contributed by atoms with Gasteiger partial charge in [0.2, 0.25) is 0 Å². The third-order valence-electron chi connectivity index (χ3n) is 3.07. The first-order valence-electron chi connectivity index (χ1n) is 5.75. The smallest absolute Gasteiger partial charge is 0.146 e. The number of hydrogen-bond acceptors (Lipinski definition) is 2. The average Bonchev–Trinajstić information content (AvgIpc) is 2.37. The molecule has 2 rings (SSSR count). The molecule has 19 heavy (non-hydrogen) atoms. The summed E-state index contributed by atoms with van der Waals surface area (Å²) in [4.78, 5) is 2.21. The van der Waals surface area contributed by atoms with Crippen molar-refractivity contribution >= 4 is 36.4 Å². The van der Waals surface area contributed by atoms with Crippen molar-refractivity contribution < 1.29 is 4.39 Å². The van der Waals surface area contributed by atoms with E-state index in [1.165, 1.54) is 0 Å². The molecular weight excluding hydrogens is 310 g/mol. The van der Waals surface area contributed by atoms with Crippen LogP contribution in [0.5, 0.6) is 0 Å². The molecule has 0 aliphatic carbocycles. The fourth-order valence-corrected chi connectivity index (χ4v) is 2.36. The molecule has 1 aliphatic rings. The van der Waals surface area contributed by atoms with Crippen LogP contribution in [0.1, 0.15) is 11.6 Å². The van der Waals surface area contributed by atoms with Crippen molar-refractivity contribution in [3.63, 3.8) is 0 Å². The number of hydrogen-bond donors (Lipinski definition) is 1. The van der Waals surface area contributed by atoms with Crippen LogP contribution in [-0.4, -0.2) is 31.1 Å². The average molecular weight is 328 g/mol. The van der Waals surface area contributed by atoms with Crippen molar-refractivity contribution in [1.29, 1.82) is 0 Å². The van der Waals surface area contributed by atoms with Crippen LogP contribution < -0.4 is 5.32 Å². The molecule has 1 fully saturated rings. The van der Waals surface area contributed by atoms with Gasteiger partial charge in [-0.1, -0.05) is 29.8 Å². The van der Waals surface area contributed by atoms with E-state index in [1.54, 1.807) is 24.3 Å². The summed E-state index contributed by atoms with van der Waals surface area (Å²) in [5, 5.41) is 3.45. The van der Waals surface area contributed by atoms with E-state index < -0.39 is 0 Å². The zero-order valence-electron chi connectivity index (χ0n) is 10.4. The fraction of sp³-hybridized carbons (Fsp3) is 0.385. The molecule has 0 spiro atoms. The van der Waals surface area contributed by atoms with Gasteiger partial charge >= 0.3 is 0 Å². The lowest BCUT2D eigenvalue weighted by atomic mass is 10.0. The van der Waals surface area contributed by atoms with Crippen LogP contribution in [0.15, 0.2) is 30.9 Å². The van der Waals surface area contributed by atoms with E-state index in [0.717, 1.165) is 26.2 Å². The summed E-state index contributed by atoms with van der Waals surface area (Å²) in [5.74, 6) is -0.336. The van der Waals surface area contributed by atoms with Crippen molar-refractivity contribution in [2.24, 2.45) is 0 Å². The SMILES string of the molecule is C=C[C@@H](c1cccc(Cl)c1F)N1CCNCC1.Cl.Cl. The van der Waals surface area contributed by atoms with Gasteiger partial charge in [-0.15, -0.1) is 31.4 Å². The maximum Gasteiger partial charge on any atom is 0.146 e. The van der Waals surface area contributed by atoms with E-state index in [2.05, 4.69) is 16.8 Å². The Kier molecular flexibility index (Phi) is 8.62. The fourth-order valence-electron chi connectivity index (χ4n) is 2.18. The van der Waals surface area contributed by atoms with Crippen molar-refractivity contribution in [3.8, 4) is 0 Å². The number of rotatable bonds is 3. The lowest BCUT2D eigenvalue weighted by Gasteiger charge is -2.33. The minimum atomic E-state index is -0.336. The van der Waals surface area contributed by atoms with Gasteiger partial charge in [-0.3, -0.25) is 4.90 Å². The highest BCUT2D eigenvalue weighted by Crippen LogP contribution is 2.28.